The molecule has 19 heavy (non-hydrogen) atoms. The Morgan fingerprint density at radius 2 is 2.21 bits per heavy atom. The third-order valence-electron chi connectivity index (χ3n) is 3.16. The summed E-state index contributed by atoms with van der Waals surface area (Å²) in [5, 5.41) is 10.7. The van der Waals surface area contributed by atoms with E-state index >= 15 is 0 Å². The predicted octanol–water partition coefficient (Wildman–Crippen LogP) is 1.80. The Kier molecular flexibility index (Phi) is 3.37. The molecule has 1 aromatic rings. The van der Waals surface area contributed by atoms with Crippen LogP contribution in [-0.4, -0.2) is 29.3 Å². The van der Waals surface area contributed by atoms with E-state index in [1.165, 1.54) is 4.90 Å². The number of nitro benzene ring substituents is 1. The average Bonchev–Trinajstić information content (AvgIpc) is 3.12. The van der Waals surface area contributed by atoms with E-state index in [-0.39, 0.29) is 0 Å². The summed E-state index contributed by atoms with van der Waals surface area (Å²) in [6.45, 7) is 0.514. The zero-order chi connectivity index (χ0) is 14.2. The highest BCUT2D eigenvalue weighted by Gasteiger charge is 2.29. The molecule has 6 nitrogen and oxygen atoms in total. The fraction of sp³-hybridized carbons (Fsp3) is 0.417. The van der Waals surface area contributed by atoms with Gasteiger partial charge in [-0.1, -0.05) is 0 Å². The third kappa shape index (κ3) is 2.64. The van der Waals surface area contributed by atoms with Crippen molar-refractivity contribution in [2.45, 2.75) is 12.8 Å². The minimum atomic E-state index is -0.837. The van der Waals surface area contributed by atoms with Crippen LogP contribution >= 0.6 is 0 Å². The number of rotatable bonds is 4. The highest BCUT2D eigenvalue weighted by atomic mass is 19.1. The molecule has 0 saturated heterocycles. The van der Waals surface area contributed by atoms with Crippen molar-refractivity contribution < 1.29 is 14.1 Å². The van der Waals surface area contributed by atoms with E-state index < -0.39 is 33.6 Å². The average molecular weight is 267 g/mol. The van der Waals surface area contributed by atoms with Gasteiger partial charge in [0.1, 0.15) is 17.1 Å². The molecule has 0 spiro atoms. The van der Waals surface area contributed by atoms with Gasteiger partial charge in [0, 0.05) is 19.7 Å². The Hall–Kier alpha value is -2.18. The normalized spacial score (nSPS) is 14.2. The molecule has 0 atom stereocenters. The highest BCUT2D eigenvalue weighted by molar-refractivity contribution is 6.01. The van der Waals surface area contributed by atoms with E-state index in [2.05, 4.69) is 0 Å². The molecule has 1 saturated carbocycles. The van der Waals surface area contributed by atoms with Crippen LogP contribution < -0.4 is 5.73 Å². The molecule has 0 radical (unpaired) electrons. The maximum Gasteiger partial charge on any atom is 0.293 e. The molecule has 0 aromatic heterocycles. The first-order valence-electron chi connectivity index (χ1n) is 5.89. The summed E-state index contributed by atoms with van der Waals surface area (Å²) in [6.07, 6.45) is 2.09. The quantitative estimate of drug-likeness (QED) is 0.511. The fourth-order valence-corrected chi connectivity index (χ4v) is 1.92. The minimum absolute atomic E-state index is 0.419. The molecule has 1 amide bonds. The number of amides is 1. The standard InChI is InChI=1S/C12H14FN3O3/c1-15(6-7-2-3-7)12(17)10-8(13)4-5-9(11(10)14)16(18)19/h4-5,7H,2-3,6,14H2,1H3. The summed E-state index contributed by atoms with van der Waals surface area (Å²) < 4.78 is 13.7. The van der Waals surface area contributed by atoms with Crippen LogP contribution in [0.2, 0.25) is 0 Å². The van der Waals surface area contributed by atoms with Crippen LogP contribution in [0, 0.1) is 21.8 Å². The fourth-order valence-electron chi connectivity index (χ4n) is 1.92. The second kappa shape index (κ2) is 4.83. The Bertz CT molecular complexity index is 543. The van der Waals surface area contributed by atoms with E-state index in [1.54, 1.807) is 7.05 Å². The molecule has 0 heterocycles. The number of benzene rings is 1. The number of halogens is 1. The van der Waals surface area contributed by atoms with E-state index in [0.29, 0.717) is 12.5 Å². The van der Waals surface area contributed by atoms with Crippen LogP contribution in [0.1, 0.15) is 23.2 Å². The van der Waals surface area contributed by atoms with Crippen molar-refractivity contribution in [3.63, 3.8) is 0 Å². The van der Waals surface area contributed by atoms with Crippen LogP contribution in [0.25, 0.3) is 0 Å². The number of nitrogens with zero attached hydrogens (tertiary/aromatic N) is 2. The number of anilines is 1. The Balaban J connectivity index is 2.34. The van der Waals surface area contributed by atoms with Crippen molar-refractivity contribution >= 4 is 17.3 Å². The smallest absolute Gasteiger partial charge is 0.293 e. The van der Waals surface area contributed by atoms with Gasteiger partial charge in [0.15, 0.2) is 0 Å². The zero-order valence-electron chi connectivity index (χ0n) is 10.4. The number of hydrogen-bond acceptors (Lipinski definition) is 4. The van der Waals surface area contributed by atoms with Crippen LogP contribution in [0.15, 0.2) is 12.1 Å². The SMILES string of the molecule is CN(CC1CC1)C(=O)c1c(F)ccc([N+](=O)[O-])c1N. The monoisotopic (exact) mass is 267 g/mol. The summed E-state index contributed by atoms with van der Waals surface area (Å²) in [4.78, 5) is 23.5. The Morgan fingerprint density at radius 3 is 2.74 bits per heavy atom. The molecule has 0 unspecified atom stereocenters. The maximum atomic E-state index is 13.7. The lowest BCUT2D eigenvalue weighted by molar-refractivity contribution is -0.384. The van der Waals surface area contributed by atoms with Crippen molar-refractivity contribution in [3.05, 3.63) is 33.6 Å². The number of hydrogen-bond donors (Lipinski definition) is 1. The lowest BCUT2D eigenvalue weighted by Crippen LogP contribution is -2.30. The number of nitrogen functional groups attached to an aromatic ring is 1. The molecule has 1 aromatic carbocycles. The van der Waals surface area contributed by atoms with E-state index in [1.807, 2.05) is 0 Å². The van der Waals surface area contributed by atoms with Crippen LogP contribution in [0.3, 0.4) is 0 Å². The molecule has 1 fully saturated rings. The van der Waals surface area contributed by atoms with Gasteiger partial charge in [-0.2, -0.15) is 0 Å². The first-order chi connectivity index (χ1) is 8.91. The van der Waals surface area contributed by atoms with Gasteiger partial charge >= 0.3 is 0 Å². The maximum absolute atomic E-state index is 13.7. The second-order valence-corrected chi connectivity index (χ2v) is 4.74. The third-order valence-corrected chi connectivity index (χ3v) is 3.16. The van der Waals surface area contributed by atoms with Crippen molar-refractivity contribution in [3.8, 4) is 0 Å². The van der Waals surface area contributed by atoms with Gasteiger partial charge in [0.2, 0.25) is 0 Å². The summed E-state index contributed by atoms with van der Waals surface area (Å²) in [7, 11) is 1.54. The molecule has 1 aliphatic carbocycles. The predicted molar refractivity (Wildman–Crippen MR) is 67.2 cm³/mol. The molecule has 0 bridgehead atoms. The molecule has 1 aliphatic rings. The number of nitrogens with two attached hydrogens (primary N) is 1. The van der Waals surface area contributed by atoms with Gasteiger partial charge < -0.3 is 10.6 Å². The van der Waals surface area contributed by atoms with Crippen molar-refractivity contribution in [2.24, 2.45) is 5.92 Å². The summed E-state index contributed by atoms with van der Waals surface area (Å²) in [5.74, 6) is -1.02. The second-order valence-electron chi connectivity index (χ2n) is 4.74. The number of nitro groups is 1. The van der Waals surface area contributed by atoms with Crippen molar-refractivity contribution in [1.82, 2.24) is 4.90 Å². The topological polar surface area (TPSA) is 89.5 Å². The molecular weight excluding hydrogens is 253 g/mol. The molecule has 0 aliphatic heterocycles. The van der Waals surface area contributed by atoms with E-state index in [9.17, 15) is 19.3 Å². The lowest BCUT2D eigenvalue weighted by atomic mass is 10.1. The van der Waals surface area contributed by atoms with E-state index in [0.717, 1.165) is 25.0 Å². The molecule has 7 heteroatoms. The minimum Gasteiger partial charge on any atom is -0.392 e. The summed E-state index contributed by atoms with van der Waals surface area (Å²) >= 11 is 0. The van der Waals surface area contributed by atoms with Gasteiger partial charge in [0.25, 0.3) is 11.6 Å². The van der Waals surface area contributed by atoms with Crippen LogP contribution in [0.5, 0.6) is 0 Å². The van der Waals surface area contributed by atoms with Gasteiger partial charge in [0.05, 0.1) is 4.92 Å². The largest absolute Gasteiger partial charge is 0.392 e. The first kappa shape index (κ1) is 13.3. The van der Waals surface area contributed by atoms with Gasteiger partial charge in [-0.3, -0.25) is 14.9 Å². The summed E-state index contributed by atoms with van der Waals surface area (Å²) in [6, 6.07) is 1.86. The van der Waals surface area contributed by atoms with E-state index in [4.69, 9.17) is 5.73 Å². The van der Waals surface area contributed by atoms with Crippen molar-refractivity contribution in [1.29, 1.82) is 0 Å². The first-order valence-corrected chi connectivity index (χ1v) is 5.89. The molecule has 102 valence electrons. The van der Waals surface area contributed by atoms with Gasteiger partial charge in [-0.15, -0.1) is 0 Å². The van der Waals surface area contributed by atoms with Crippen LogP contribution in [0.4, 0.5) is 15.8 Å². The molecular formula is C12H14FN3O3. The van der Waals surface area contributed by atoms with Gasteiger partial charge in [-0.05, 0) is 24.8 Å². The van der Waals surface area contributed by atoms with Crippen LogP contribution in [-0.2, 0) is 0 Å². The van der Waals surface area contributed by atoms with Crippen molar-refractivity contribution in [2.75, 3.05) is 19.3 Å². The van der Waals surface area contributed by atoms with Gasteiger partial charge in [-0.25, -0.2) is 4.39 Å². The Labute approximate surface area is 109 Å². The highest BCUT2D eigenvalue weighted by Crippen LogP contribution is 2.32. The summed E-state index contributed by atoms with van der Waals surface area (Å²) in [5.41, 5.74) is 4.25. The lowest BCUT2D eigenvalue weighted by Gasteiger charge is -2.18. The number of carbonyl (C=O) groups excluding carboxylic acids is 1. The number of carbonyl (C=O) groups is 1. The molecule has 2 rings (SSSR count). The zero-order valence-corrected chi connectivity index (χ0v) is 10.4. The molecule has 2 N–H and O–H groups in total. The Morgan fingerprint density at radius 1 is 1.58 bits per heavy atom.